The number of aromatic amines is 1. The summed E-state index contributed by atoms with van der Waals surface area (Å²) < 4.78 is 0.807. The minimum Gasteiger partial charge on any atom is -0.312 e. The Bertz CT molecular complexity index is 771. The maximum Gasteiger partial charge on any atom is 0.305 e. The fourth-order valence-electron chi connectivity index (χ4n) is 1.84. The van der Waals surface area contributed by atoms with Crippen LogP contribution in [0.1, 0.15) is 15.9 Å². The molecule has 0 atom stereocenters. The zero-order valence-corrected chi connectivity index (χ0v) is 10.2. The van der Waals surface area contributed by atoms with Crippen LogP contribution in [0.4, 0.5) is 0 Å². The van der Waals surface area contributed by atoms with E-state index in [-0.39, 0.29) is 10.7 Å². The summed E-state index contributed by atoms with van der Waals surface area (Å²) in [6.45, 7) is 0. The van der Waals surface area contributed by atoms with Crippen LogP contribution in [-0.4, -0.2) is 10.8 Å². The molecule has 2 aromatic carbocycles. The van der Waals surface area contributed by atoms with Crippen LogP contribution in [0.15, 0.2) is 53.3 Å². The van der Waals surface area contributed by atoms with Crippen LogP contribution < -0.4 is 4.87 Å². The first-order chi connectivity index (χ1) is 8.74. The van der Waals surface area contributed by atoms with Crippen molar-refractivity contribution in [3.8, 4) is 0 Å². The van der Waals surface area contributed by atoms with Gasteiger partial charge < -0.3 is 4.98 Å². The Balaban J connectivity index is 2.09. The Morgan fingerprint density at radius 1 is 1.00 bits per heavy atom. The smallest absolute Gasteiger partial charge is 0.305 e. The standard InChI is InChI=1S/C14H9NO2S/c16-13(9-4-2-1-3-5-9)10-6-7-11-12(8-10)18-14(17)15-11/h1-8H,(H,15,17). The predicted octanol–water partition coefficient (Wildman–Crippen LogP) is 2.82. The highest BCUT2D eigenvalue weighted by molar-refractivity contribution is 7.16. The molecule has 0 amide bonds. The van der Waals surface area contributed by atoms with Gasteiger partial charge >= 0.3 is 4.87 Å². The van der Waals surface area contributed by atoms with Gasteiger partial charge in [-0.05, 0) is 18.2 Å². The second kappa shape index (κ2) is 4.23. The Morgan fingerprint density at radius 2 is 1.78 bits per heavy atom. The minimum atomic E-state index is -0.102. The number of aromatic nitrogens is 1. The summed E-state index contributed by atoms with van der Waals surface area (Å²) in [5.74, 6) is -0.0293. The van der Waals surface area contributed by atoms with Gasteiger partial charge in [0.2, 0.25) is 0 Å². The van der Waals surface area contributed by atoms with Crippen LogP contribution in [0, 0.1) is 0 Å². The van der Waals surface area contributed by atoms with Crippen molar-refractivity contribution in [2.75, 3.05) is 0 Å². The van der Waals surface area contributed by atoms with Crippen LogP contribution in [0.2, 0.25) is 0 Å². The van der Waals surface area contributed by atoms with E-state index < -0.39 is 0 Å². The van der Waals surface area contributed by atoms with E-state index in [9.17, 15) is 9.59 Å². The van der Waals surface area contributed by atoms with Crippen LogP contribution in [0.3, 0.4) is 0 Å². The van der Waals surface area contributed by atoms with Crippen molar-refractivity contribution < 1.29 is 4.79 Å². The Kier molecular flexibility index (Phi) is 2.57. The Hall–Kier alpha value is -2.20. The summed E-state index contributed by atoms with van der Waals surface area (Å²) >= 11 is 1.12. The Morgan fingerprint density at radius 3 is 2.56 bits per heavy atom. The lowest BCUT2D eigenvalue weighted by Crippen LogP contribution is -2.00. The van der Waals surface area contributed by atoms with E-state index in [0.29, 0.717) is 11.1 Å². The van der Waals surface area contributed by atoms with Crippen molar-refractivity contribution in [1.29, 1.82) is 0 Å². The molecule has 0 aliphatic rings. The number of rotatable bonds is 2. The summed E-state index contributed by atoms with van der Waals surface area (Å²) in [4.78, 5) is 26.0. The molecular formula is C14H9NO2S. The number of hydrogen-bond donors (Lipinski definition) is 1. The summed E-state index contributed by atoms with van der Waals surface area (Å²) in [5, 5.41) is 0. The zero-order valence-electron chi connectivity index (χ0n) is 9.34. The van der Waals surface area contributed by atoms with Gasteiger partial charge in [0, 0.05) is 11.1 Å². The van der Waals surface area contributed by atoms with E-state index in [1.807, 2.05) is 18.2 Å². The molecule has 0 bridgehead atoms. The lowest BCUT2D eigenvalue weighted by molar-refractivity contribution is 0.103. The first-order valence-electron chi connectivity index (χ1n) is 5.47. The van der Waals surface area contributed by atoms with Crippen molar-refractivity contribution in [1.82, 2.24) is 4.98 Å². The van der Waals surface area contributed by atoms with Gasteiger partial charge in [0.05, 0.1) is 10.2 Å². The second-order valence-electron chi connectivity index (χ2n) is 3.92. The summed E-state index contributed by atoms with van der Waals surface area (Å²) in [6, 6.07) is 14.4. The molecule has 88 valence electrons. The highest BCUT2D eigenvalue weighted by Crippen LogP contribution is 2.18. The molecular weight excluding hydrogens is 246 g/mol. The number of carbonyl (C=O) groups is 1. The highest BCUT2D eigenvalue weighted by Gasteiger charge is 2.10. The highest BCUT2D eigenvalue weighted by atomic mass is 32.1. The van der Waals surface area contributed by atoms with Gasteiger partial charge in [0.25, 0.3) is 0 Å². The Labute approximate surface area is 107 Å². The van der Waals surface area contributed by atoms with E-state index >= 15 is 0 Å². The molecule has 0 aliphatic carbocycles. The molecule has 0 saturated heterocycles. The fourth-order valence-corrected chi connectivity index (χ4v) is 2.62. The molecule has 3 aromatic rings. The van der Waals surface area contributed by atoms with Crippen LogP contribution >= 0.6 is 11.3 Å². The molecule has 0 fully saturated rings. The largest absolute Gasteiger partial charge is 0.312 e. The number of benzene rings is 2. The van der Waals surface area contributed by atoms with E-state index in [0.717, 1.165) is 21.6 Å². The minimum absolute atomic E-state index is 0.0293. The van der Waals surface area contributed by atoms with E-state index in [1.165, 1.54) is 0 Å². The third-order valence-electron chi connectivity index (χ3n) is 2.72. The van der Waals surface area contributed by atoms with Crippen molar-refractivity contribution in [3.05, 3.63) is 69.3 Å². The molecule has 0 aliphatic heterocycles. The number of hydrogen-bond acceptors (Lipinski definition) is 3. The number of thiazole rings is 1. The van der Waals surface area contributed by atoms with Crippen molar-refractivity contribution in [3.63, 3.8) is 0 Å². The summed E-state index contributed by atoms with van der Waals surface area (Å²) in [6.07, 6.45) is 0. The number of fused-ring (bicyclic) bond motifs is 1. The fraction of sp³-hybridized carbons (Fsp3) is 0. The maximum absolute atomic E-state index is 12.2. The van der Waals surface area contributed by atoms with E-state index in [2.05, 4.69) is 4.98 Å². The van der Waals surface area contributed by atoms with Crippen LogP contribution in [-0.2, 0) is 0 Å². The van der Waals surface area contributed by atoms with Gasteiger partial charge in [-0.3, -0.25) is 9.59 Å². The normalized spacial score (nSPS) is 10.7. The number of nitrogens with one attached hydrogen (secondary N) is 1. The average molecular weight is 255 g/mol. The van der Waals surface area contributed by atoms with Gasteiger partial charge in [-0.25, -0.2) is 0 Å². The molecule has 1 heterocycles. The number of H-pyrrole nitrogens is 1. The molecule has 3 nitrogen and oxygen atoms in total. The van der Waals surface area contributed by atoms with Gasteiger partial charge in [0.1, 0.15) is 0 Å². The first-order valence-corrected chi connectivity index (χ1v) is 6.28. The van der Waals surface area contributed by atoms with Crippen molar-refractivity contribution in [2.24, 2.45) is 0 Å². The second-order valence-corrected chi connectivity index (χ2v) is 4.94. The lowest BCUT2D eigenvalue weighted by Gasteiger charge is -2.00. The topological polar surface area (TPSA) is 49.9 Å². The molecule has 0 spiro atoms. The van der Waals surface area contributed by atoms with Gasteiger partial charge in [-0.15, -0.1) is 0 Å². The molecule has 0 unspecified atom stereocenters. The molecule has 3 rings (SSSR count). The quantitative estimate of drug-likeness (QED) is 0.716. The van der Waals surface area contributed by atoms with Crippen LogP contribution in [0.5, 0.6) is 0 Å². The maximum atomic E-state index is 12.2. The van der Waals surface area contributed by atoms with Crippen LogP contribution in [0.25, 0.3) is 10.2 Å². The third-order valence-corrected chi connectivity index (χ3v) is 3.56. The number of ketones is 1. The predicted molar refractivity (Wildman–Crippen MR) is 72.3 cm³/mol. The van der Waals surface area contributed by atoms with Gasteiger partial charge in [-0.2, -0.15) is 0 Å². The zero-order chi connectivity index (χ0) is 12.5. The SMILES string of the molecule is O=C(c1ccccc1)c1ccc2[nH]c(=O)sc2c1. The monoisotopic (exact) mass is 255 g/mol. The van der Waals surface area contributed by atoms with E-state index in [1.54, 1.807) is 30.3 Å². The number of carbonyl (C=O) groups excluding carboxylic acids is 1. The van der Waals surface area contributed by atoms with Gasteiger partial charge in [0.15, 0.2) is 5.78 Å². The van der Waals surface area contributed by atoms with Gasteiger partial charge in [-0.1, -0.05) is 41.7 Å². The first kappa shape index (κ1) is 10.9. The summed E-state index contributed by atoms with van der Waals surface area (Å²) in [7, 11) is 0. The molecule has 4 heteroatoms. The average Bonchev–Trinajstić information content (AvgIpc) is 2.78. The van der Waals surface area contributed by atoms with Crippen molar-refractivity contribution >= 4 is 27.3 Å². The molecule has 0 saturated carbocycles. The molecule has 1 N–H and O–H groups in total. The molecule has 18 heavy (non-hydrogen) atoms. The van der Waals surface area contributed by atoms with E-state index in [4.69, 9.17) is 0 Å². The van der Waals surface area contributed by atoms with Crippen molar-refractivity contribution in [2.45, 2.75) is 0 Å². The lowest BCUT2D eigenvalue weighted by atomic mass is 10.0. The molecule has 1 aromatic heterocycles. The third kappa shape index (κ3) is 1.87. The molecule has 0 radical (unpaired) electrons. The summed E-state index contributed by atoms with van der Waals surface area (Å²) in [5.41, 5.74) is 2.03.